The quantitative estimate of drug-likeness (QED) is 0.653. The number of nitro groups is 1. The molecule has 0 spiro atoms. The van der Waals surface area contributed by atoms with Gasteiger partial charge in [0.15, 0.2) is 0 Å². The van der Waals surface area contributed by atoms with Crippen LogP contribution in [0.1, 0.15) is 17.4 Å². The van der Waals surface area contributed by atoms with Gasteiger partial charge in [-0.25, -0.2) is 4.79 Å². The summed E-state index contributed by atoms with van der Waals surface area (Å²) in [5, 5.41) is 23.3. The van der Waals surface area contributed by atoms with E-state index in [0.29, 0.717) is 12.1 Å². The molecule has 2 aromatic rings. The number of hydrogen-bond acceptors (Lipinski definition) is 5. The van der Waals surface area contributed by atoms with Gasteiger partial charge in [0.1, 0.15) is 0 Å². The van der Waals surface area contributed by atoms with Crippen molar-refractivity contribution >= 4 is 22.6 Å². The van der Waals surface area contributed by atoms with Gasteiger partial charge in [0.25, 0.3) is 5.69 Å². The second-order valence-electron chi connectivity index (χ2n) is 3.76. The Kier molecular flexibility index (Phi) is 2.99. The molecule has 8 nitrogen and oxygen atoms in total. The number of carbonyl (C=O) groups is 1. The molecule has 0 aliphatic rings. The van der Waals surface area contributed by atoms with Gasteiger partial charge in [-0.15, -0.1) is 0 Å². The fourth-order valence-corrected chi connectivity index (χ4v) is 1.77. The number of carboxylic acids is 1. The van der Waals surface area contributed by atoms with Crippen molar-refractivity contribution in [3.8, 4) is 0 Å². The molecule has 0 unspecified atom stereocenters. The zero-order chi connectivity index (χ0) is 14.2. The van der Waals surface area contributed by atoms with Gasteiger partial charge < -0.3 is 5.11 Å². The lowest BCUT2D eigenvalue weighted by Gasteiger charge is -2.07. The number of aromatic carboxylic acids is 1. The normalized spacial score (nSPS) is 10.6. The highest BCUT2D eigenvalue weighted by Gasteiger charge is 2.18. The van der Waals surface area contributed by atoms with E-state index in [2.05, 4.69) is 5.10 Å². The van der Waals surface area contributed by atoms with E-state index in [1.807, 2.05) is 0 Å². The van der Waals surface area contributed by atoms with E-state index in [0.717, 1.165) is 6.07 Å². The predicted molar refractivity (Wildman–Crippen MR) is 65.3 cm³/mol. The number of non-ortho nitro benzene ring substituents is 1. The number of rotatable bonds is 3. The number of nitrogens with zero attached hydrogens (tertiary/aromatic N) is 3. The number of carboxylic acid groups (broad SMARTS) is 1. The van der Waals surface area contributed by atoms with Crippen LogP contribution in [0.2, 0.25) is 0 Å². The molecule has 1 heterocycles. The molecule has 1 aromatic heterocycles. The third-order valence-corrected chi connectivity index (χ3v) is 2.65. The molecule has 1 aromatic carbocycles. The van der Waals surface area contributed by atoms with Crippen LogP contribution in [-0.4, -0.2) is 25.8 Å². The van der Waals surface area contributed by atoms with Crippen molar-refractivity contribution in [2.24, 2.45) is 0 Å². The Morgan fingerprint density at radius 2 is 2.21 bits per heavy atom. The van der Waals surface area contributed by atoms with E-state index < -0.39 is 22.0 Å². The molecule has 0 saturated carbocycles. The summed E-state index contributed by atoms with van der Waals surface area (Å²) in [7, 11) is 0. The van der Waals surface area contributed by atoms with Gasteiger partial charge >= 0.3 is 5.97 Å². The highest BCUT2D eigenvalue weighted by atomic mass is 16.6. The van der Waals surface area contributed by atoms with Crippen LogP contribution in [-0.2, 0) is 6.54 Å². The average Bonchev–Trinajstić information content (AvgIpc) is 2.38. The SMILES string of the molecule is CCn1nc(C(=O)O)c(=O)c2cc([N+](=O)[O-])ccc21. The first-order chi connectivity index (χ1) is 8.95. The first kappa shape index (κ1) is 12.7. The third kappa shape index (κ3) is 2.03. The summed E-state index contributed by atoms with van der Waals surface area (Å²) in [6, 6.07) is 3.70. The van der Waals surface area contributed by atoms with Crippen LogP contribution >= 0.6 is 0 Å². The van der Waals surface area contributed by atoms with Gasteiger partial charge in [0.05, 0.1) is 15.8 Å². The number of nitro benzene ring substituents is 1. The minimum Gasteiger partial charge on any atom is -0.476 e. The lowest BCUT2D eigenvalue weighted by atomic mass is 10.1. The van der Waals surface area contributed by atoms with Crippen molar-refractivity contribution in [2.45, 2.75) is 13.5 Å². The van der Waals surface area contributed by atoms with Crippen LogP contribution in [0, 0.1) is 10.1 Å². The highest BCUT2D eigenvalue weighted by Crippen LogP contribution is 2.18. The number of fused-ring (bicyclic) bond motifs is 1. The Hall–Kier alpha value is -2.77. The Balaban J connectivity index is 2.92. The summed E-state index contributed by atoms with van der Waals surface area (Å²) in [6.07, 6.45) is 0. The van der Waals surface area contributed by atoms with Crippen LogP contribution in [0.25, 0.3) is 10.9 Å². The molecular weight excluding hydrogens is 254 g/mol. The molecule has 0 atom stereocenters. The lowest BCUT2D eigenvalue weighted by molar-refractivity contribution is -0.384. The average molecular weight is 263 g/mol. The summed E-state index contributed by atoms with van der Waals surface area (Å²) < 4.78 is 1.32. The largest absolute Gasteiger partial charge is 0.476 e. The minimum atomic E-state index is -1.46. The predicted octanol–water partition coefficient (Wildman–Crippen LogP) is 1.02. The third-order valence-electron chi connectivity index (χ3n) is 2.65. The number of hydrogen-bond donors (Lipinski definition) is 1. The van der Waals surface area contributed by atoms with Gasteiger partial charge in [0, 0.05) is 18.7 Å². The molecule has 0 fully saturated rings. The van der Waals surface area contributed by atoms with Crippen LogP contribution in [0.15, 0.2) is 23.0 Å². The second kappa shape index (κ2) is 4.48. The van der Waals surface area contributed by atoms with Crippen LogP contribution in [0.3, 0.4) is 0 Å². The van der Waals surface area contributed by atoms with Crippen molar-refractivity contribution < 1.29 is 14.8 Å². The van der Waals surface area contributed by atoms with Crippen molar-refractivity contribution in [1.29, 1.82) is 0 Å². The lowest BCUT2D eigenvalue weighted by Crippen LogP contribution is -2.22. The zero-order valence-electron chi connectivity index (χ0n) is 9.86. The van der Waals surface area contributed by atoms with Gasteiger partial charge in [0.2, 0.25) is 11.1 Å². The molecule has 98 valence electrons. The highest BCUT2D eigenvalue weighted by molar-refractivity contribution is 5.91. The van der Waals surface area contributed by atoms with Crippen molar-refractivity contribution in [3.05, 3.63) is 44.2 Å². The Labute approximate surface area is 106 Å². The Bertz CT molecular complexity index is 750. The van der Waals surface area contributed by atoms with Crippen LogP contribution < -0.4 is 5.43 Å². The summed E-state index contributed by atoms with van der Waals surface area (Å²) in [5.74, 6) is -1.46. The molecule has 0 aliphatic heterocycles. The fraction of sp³-hybridized carbons (Fsp3) is 0.182. The molecule has 8 heteroatoms. The Morgan fingerprint density at radius 1 is 1.53 bits per heavy atom. The minimum absolute atomic E-state index is 0.0246. The van der Waals surface area contributed by atoms with Crippen molar-refractivity contribution in [1.82, 2.24) is 9.78 Å². The zero-order valence-corrected chi connectivity index (χ0v) is 9.86. The van der Waals surface area contributed by atoms with E-state index in [4.69, 9.17) is 5.11 Å². The Morgan fingerprint density at radius 3 is 2.74 bits per heavy atom. The molecule has 1 N–H and O–H groups in total. The number of aromatic nitrogens is 2. The topological polar surface area (TPSA) is 115 Å². The van der Waals surface area contributed by atoms with E-state index in [-0.39, 0.29) is 11.1 Å². The smallest absolute Gasteiger partial charge is 0.360 e. The summed E-state index contributed by atoms with van der Waals surface area (Å²) in [6.45, 7) is 2.07. The molecule has 0 radical (unpaired) electrons. The second-order valence-corrected chi connectivity index (χ2v) is 3.76. The maximum atomic E-state index is 11.9. The molecule has 19 heavy (non-hydrogen) atoms. The van der Waals surface area contributed by atoms with E-state index in [1.54, 1.807) is 6.92 Å². The molecule has 0 bridgehead atoms. The van der Waals surface area contributed by atoms with E-state index >= 15 is 0 Å². The maximum absolute atomic E-state index is 11.9. The van der Waals surface area contributed by atoms with E-state index in [1.165, 1.54) is 16.8 Å². The molecule has 0 amide bonds. The maximum Gasteiger partial charge on any atom is 0.360 e. The number of aryl methyl sites for hydroxylation is 1. The first-order valence-electron chi connectivity index (χ1n) is 5.38. The summed E-state index contributed by atoms with van der Waals surface area (Å²) >= 11 is 0. The fourth-order valence-electron chi connectivity index (χ4n) is 1.77. The molecular formula is C11H9N3O5. The standard InChI is InChI=1S/C11H9N3O5/c1-2-13-8-4-3-6(14(18)19)5-7(8)10(15)9(12-13)11(16)17/h3-5H,2H2,1H3,(H,16,17). The summed E-state index contributed by atoms with van der Waals surface area (Å²) in [5.41, 5.74) is -1.37. The molecule has 2 rings (SSSR count). The number of benzene rings is 1. The first-order valence-corrected chi connectivity index (χ1v) is 5.38. The van der Waals surface area contributed by atoms with Gasteiger partial charge in [-0.05, 0) is 13.0 Å². The monoisotopic (exact) mass is 263 g/mol. The van der Waals surface area contributed by atoms with Crippen molar-refractivity contribution in [3.63, 3.8) is 0 Å². The van der Waals surface area contributed by atoms with Gasteiger partial charge in [-0.1, -0.05) is 0 Å². The van der Waals surface area contributed by atoms with Gasteiger partial charge in [-0.3, -0.25) is 19.6 Å². The summed E-state index contributed by atoms with van der Waals surface area (Å²) in [4.78, 5) is 32.9. The molecule has 0 saturated heterocycles. The molecule has 0 aliphatic carbocycles. The van der Waals surface area contributed by atoms with Crippen LogP contribution in [0.5, 0.6) is 0 Å². The van der Waals surface area contributed by atoms with Gasteiger partial charge in [-0.2, -0.15) is 5.10 Å². The van der Waals surface area contributed by atoms with Crippen LogP contribution in [0.4, 0.5) is 5.69 Å². The van der Waals surface area contributed by atoms with E-state index in [9.17, 15) is 19.7 Å². The van der Waals surface area contributed by atoms with Crippen molar-refractivity contribution in [2.75, 3.05) is 0 Å².